The first-order valence-electron chi connectivity index (χ1n) is 7.57. The van der Waals surface area contributed by atoms with E-state index in [9.17, 15) is 9.90 Å². The van der Waals surface area contributed by atoms with Crippen LogP contribution in [0.1, 0.15) is 23.3 Å². The van der Waals surface area contributed by atoms with E-state index in [1.54, 1.807) is 37.9 Å². The highest BCUT2D eigenvalue weighted by atomic mass is 16.3. The van der Waals surface area contributed by atoms with Gasteiger partial charge in [-0.2, -0.15) is 5.10 Å². The molecule has 0 radical (unpaired) electrons. The average molecular weight is 316 g/mol. The van der Waals surface area contributed by atoms with Crippen LogP contribution in [0.15, 0.2) is 30.9 Å². The summed E-state index contributed by atoms with van der Waals surface area (Å²) >= 11 is 0. The fourth-order valence-corrected chi connectivity index (χ4v) is 2.84. The lowest BCUT2D eigenvalue weighted by atomic mass is 9.92. The van der Waals surface area contributed by atoms with Crippen molar-refractivity contribution in [2.75, 3.05) is 24.5 Å². The van der Waals surface area contributed by atoms with Crippen molar-refractivity contribution in [3.05, 3.63) is 36.5 Å². The molecule has 2 aromatic rings. The minimum Gasteiger partial charge on any atom is -0.386 e. The van der Waals surface area contributed by atoms with Crippen LogP contribution in [-0.2, 0) is 7.05 Å². The number of β-amino-alcohol motifs (C(OH)–C–C–N with tert-alkyl or cyclic N) is 1. The van der Waals surface area contributed by atoms with E-state index in [-0.39, 0.29) is 12.5 Å². The molecule has 1 atom stereocenters. The van der Waals surface area contributed by atoms with E-state index in [1.165, 1.54) is 4.68 Å². The predicted octanol–water partition coefficient (Wildman–Crippen LogP) is -0.0286. The minimum absolute atomic E-state index is 0.188. The molecule has 2 N–H and O–H groups in total. The molecule has 0 unspecified atom stereocenters. The third-order valence-electron chi connectivity index (χ3n) is 4.06. The number of aryl methyl sites for hydroxylation is 1. The molecule has 122 valence electrons. The average Bonchev–Trinajstić information content (AvgIpc) is 3.00. The van der Waals surface area contributed by atoms with Gasteiger partial charge in [0.15, 0.2) is 0 Å². The van der Waals surface area contributed by atoms with E-state index in [0.717, 1.165) is 18.8 Å². The molecule has 23 heavy (non-hydrogen) atoms. The summed E-state index contributed by atoms with van der Waals surface area (Å²) in [7, 11) is 1.71. The van der Waals surface area contributed by atoms with Gasteiger partial charge < -0.3 is 15.3 Å². The standard InChI is InChI=1S/C15H20N6O2/c1-20-12(3-5-19-20)14(22)18-10-15(23)4-2-8-21(11-15)13-9-16-6-7-17-13/h3,5-7,9,23H,2,4,8,10-11H2,1H3,(H,18,22)/t15-/m0/s1. The maximum atomic E-state index is 12.1. The Morgan fingerprint density at radius 3 is 3.00 bits per heavy atom. The summed E-state index contributed by atoms with van der Waals surface area (Å²) in [5.74, 6) is 0.499. The number of aliphatic hydroxyl groups is 1. The lowest BCUT2D eigenvalue weighted by Crippen LogP contribution is -2.54. The number of hydrogen-bond donors (Lipinski definition) is 2. The van der Waals surface area contributed by atoms with Gasteiger partial charge in [0.05, 0.1) is 11.8 Å². The number of amides is 1. The van der Waals surface area contributed by atoms with Crippen molar-refractivity contribution in [3.8, 4) is 0 Å². The van der Waals surface area contributed by atoms with Crippen LogP contribution in [0, 0.1) is 0 Å². The Labute approximate surface area is 134 Å². The molecule has 8 nitrogen and oxygen atoms in total. The first-order valence-corrected chi connectivity index (χ1v) is 7.57. The summed E-state index contributed by atoms with van der Waals surface area (Å²) < 4.78 is 1.51. The normalized spacial score (nSPS) is 21.2. The molecule has 1 fully saturated rings. The zero-order valence-electron chi connectivity index (χ0n) is 13.0. The van der Waals surface area contributed by atoms with E-state index >= 15 is 0 Å². The van der Waals surface area contributed by atoms with Gasteiger partial charge in [-0.1, -0.05) is 0 Å². The summed E-state index contributed by atoms with van der Waals surface area (Å²) in [5.41, 5.74) is -0.514. The van der Waals surface area contributed by atoms with Gasteiger partial charge in [0.2, 0.25) is 0 Å². The van der Waals surface area contributed by atoms with Crippen LogP contribution >= 0.6 is 0 Å². The monoisotopic (exact) mass is 316 g/mol. The molecule has 3 heterocycles. The molecule has 0 bridgehead atoms. The van der Waals surface area contributed by atoms with Crippen molar-refractivity contribution < 1.29 is 9.90 Å². The molecule has 3 rings (SSSR count). The van der Waals surface area contributed by atoms with Gasteiger partial charge in [-0.25, -0.2) is 4.98 Å². The van der Waals surface area contributed by atoms with Gasteiger partial charge in [0.1, 0.15) is 11.5 Å². The maximum Gasteiger partial charge on any atom is 0.269 e. The Hall–Kier alpha value is -2.48. The number of nitrogens with one attached hydrogen (secondary N) is 1. The van der Waals surface area contributed by atoms with Crippen LogP contribution in [0.4, 0.5) is 5.82 Å². The minimum atomic E-state index is -0.982. The highest BCUT2D eigenvalue weighted by molar-refractivity contribution is 5.92. The zero-order chi connectivity index (χ0) is 16.3. The zero-order valence-corrected chi connectivity index (χ0v) is 13.0. The number of carbonyl (C=O) groups excluding carboxylic acids is 1. The second-order valence-corrected chi connectivity index (χ2v) is 5.84. The third kappa shape index (κ3) is 3.48. The Morgan fingerprint density at radius 1 is 1.43 bits per heavy atom. The highest BCUT2D eigenvalue weighted by Crippen LogP contribution is 2.24. The second kappa shape index (κ2) is 6.33. The molecular formula is C15H20N6O2. The van der Waals surface area contributed by atoms with Crippen LogP contribution < -0.4 is 10.2 Å². The van der Waals surface area contributed by atoms with Gasteiger partial charge >= 0.3 is 0 Å². The van der Waals surface area contributed by atoms with Gasteiger partial charge in [-0.3, -0.25) is 14.5 Å². The van der Waals surface area contributed by atoms with E-state index in [0.29, 0.717) is 18.7 Å². The molecule has 0 spiro atoms. The Bertz CT molecular complexity index is 674. The largest absolute Gasteiger partial charge is 0.386 e. The van der Waals surface area contributed by atoms with Crippen LogP contribution in [0.2, 0.25) is 0 Å². The van der Waals surface area contributed by atoms with Crippen molar-refractivity contribution in [2.24, 2.45) is 7.05 Å². The smallest absolute Gasteiger partial charge is 0.269 e. The number of piperidine rings is 1. The molecule has 0 aliphatic carbocycles. The Kier molecular flexibility index (Phi) is 4.24. The second-order valence-electron chi connectivity index (χ2n) is 5.84. The molecule has 1 amide bonds. The topological polar surface area (TPSA) is 96.2 Å². The van der Waals surface area contributed by atoms with Crippen molar-refractivity contribution in [1.82, 2.24) is 25.1 Å². The Balaban J connectivity index is 1.62. The lowest BCUT2D eigenvalue weighted by molar-refractivity contribution is 0.0253. The summed E-state index contributed by atoms with van der Waals surface area (Å²) in [6.45, 7) is 1.42. The first-order chi connectivity index (χ1) is 11.1. The number of aromatic nitrogens is 4. The summed E-state index contributed by atoms with van der Waals surface area (Å²) in [6, 6.07) is 1.64. The fourth-order valence-electron chi connectivity index (χ4n) is 2.84. The number of rotatable bonds is 4. The molecule has 1 saturated heterocycles. The molecule has 8 heteroatoms. The van der Waals surface area contributed by atoms with E-state index in [4.69, 9.17) is 0 Å². The van der Waals surface area contributed by atoms with Crippen LogP contribution in [0.25, 0.3) is 0 Å². The van der Waals surface area contributed by atoms with Crippen molar-refractivity contribution in [1.29, 1.82) is 0 Å². The number of nitrogens with zero attached hydrogens (tertiary/aromatic N) is 5. The van der Waals surface area contributed by atoms with Gasteiger partial charge in [-0.15, -0.1) is 0 Å². The van der Waals surface area contributed by atoms with E-state index in [1.807, 2.05) is 4.90 Å². The molecule has 1 aliphatic rings. The number of hydrogen-bond acceptors (Lipinski definition) is 6. The van der Waals surface area contributed by atoms with Crippen LogP contribution in [-0.4, -0.2) is 56.0 Å². The SMILES string of the molecule is Cn1nccc1C(=O)NC[C@@]1(O)CCCN(c2cnccn2)C1. The molecule has 0 saturated carbocycles. The molecular weight excluding hydrogens is 296 g/mol. The highest BCUT2D eigenvalue weighted by Gasteiger charge is 2.34. The van der Waals surface area contributed by atoms with Crippen molar-refractivity contribution in [3.63, 3.8) is 0 Å². The maximum absolute atomic E-state index is 12.1. The Morgan fingerprint density at radius 2 is 2.30 bits per heavy atom. The predicted molar refractivity (Wildman–Crippen MR) is 84.0 cm³/mol. The number of carbonyl (C=O) groups is 1. The van der Waals surface area contributed by atoms with Crippen molar-refractivity contribution in [2.45, 2.75) is 18.4 Å². The fraction of sp³-hybridized carbons (Fsp3) is 0.467. The lowest BCUT2D eigenvalue weighted by Gasteiger charge is -2.39. The van der Waals surface area contributed by atoms with E-state index in [2.05, 4.69) is 20.4 Å². The summed E-state index contributed by atoms with van der Waals surface area (Å²) in [4.78, 5) is 22.5. The summed E-state index contributed by atoms with van der Waals surface area (Å²) in [5, 5.41) is 17.6. The summed E-state index contributed by atoms with van der Waals surface area (Å²) in [6.07, 6.45) is 7.96. The molecule has 2 aromatic heterocycles. The van der Waals surface area contributed by atoms with Gasteiger partial charge in [-0.05, 0) is 18.9 Å². The molecule has 1 aliphatic heterocycles. The quantitative estimate of drug-likeness (QED) is 0.822. The van der Waals surface area contributed by atoms with Gasteiger partial charge in [0, 0.05) is 45.3 Å². The van der Waals surface area contributed by atoms with Crippen LogP contribution in [0.5, 0.6) is 0 Å². The molecule has 0 aromatic carbocycles. The number of anilines is 1. The van der Waals surface area contributed by atoms with E-state index < -0.39 is 5.60 Å². The van der Waals surface area contributed by atoms with Crippen molar-refractivity contribution >= 4 is 11.7 Å². The van der Waals surface area contributed by atoms with Crippen LogP contribution in [0.3, 0.4) is 0 Å². The van der Waals surface area contributed by atoms with Gasteiger partial charge in [0.25, 0.3) is 5.91 Å². The first kappa shape index (κ1) is 15.4. The third-order valence-corrected chi connectivity index (χ3v) is 4.06.